The zero-order valence-corrected chi connectivity index (χ0v) is 15.0. The number of para-hydroxylation sites is 1. The summed E-state index contributed by atoms with van der Waals surface area (Å²) in [6, 6.07) is 7.78. The molecule has 4 nitrogen and oxygen atoms in total. The third-order valence-electron chi connectivity index (χ3n) is 4.14. The van der Waals surface area contributed by atoms with Crippen LogP contribution in [0.4, 0.5) is 5.69 Å². The topological polar surface area (TPSA) is 59.3 Å². The SMILES string of the molecule is CC(=O)c1cc(CCC(=O)Nc2c(C)cccc2C(C)C)oc1C. The van der Waals surface area contributed by atoms with Gasteiger partial charge in [0.25, 0.3) is 0 Å². The third kappa shape index (κ3) is 4.13. The van der Waals surface area contributed by atoms with E-state index in [1.54, 1.807) is 13.0 Å². The predicted octanol–water partition coefficient (Wildman–Crippen LogP) is 4.79. The van der Waals surface area contributed by atoms with Crippen LogP contribution in [0.2, 0.25) is 0 Å². The van der Waals surface area contributed by atoms with Gasteiger partial charge in [0.15, 0.2) is 5.78 Å². The van der Waals surface area contributed by atoms with Gasteiger partial charge in [0.1, 0.15) is 11.5 Å². The van der Waals surface area contributed by atoms with Gasteiger partial charge in [-0.05, 0) is 43.9 Å². The summed E-state index contributed by atoms with van der Waals surface area (Å²) in [5, 5.41) is 3.03. The minimum atomic E-state index is -0.0513. The normalized spacial score (nSPS) is 10.9. The van der Waals surface area contributed by atoms with Crippen LogP contribution >= 0.6 is 0 Å². The van der Waals surface area contributed by atoms with E-state index in [-0.39, 0.29) is 11.7 Å². The van der Waals surface area contributed by atoms with Gasteiger partial charge in [-0.3, -0.25) is 9.59 Å². The Hall–Kier alpha value is -2.36. The number of benzene rings is 1. The van der Waals surface area contributed by atoms with Crippen molar-refractivity contribution in [3.8, 4) is 0 Å². The molecule has 0 unspecified atom stereocenters. The molecule has 128 valence electrons. The second-order valence-electron chi connectivity index (χ2n) is 6.48. The van der Waals surface area contributed by atoms with Crippen LogP contribution in [0, 0.1) is 13.8 Å². The van der Waals surface area contributed by atoms with E-state index in [0.29, 0.717) is 35.8 Å². The van der Waals surface area contributed by atoms with Crippen LogP contribution < -0.4 is 5.32 Å². The minimum absolute atomic E-state index is 0.0200. The Morgan fingerprint density at radius 3 is 2.50 bits per heavy atom. The number of ketones is 1. The lowest BCUT2D eigenvalue weighted by Crippen LogP contribution is -2.15. The Morgan fingerprint density at radius 2 is 1.92 bits per heavy atom. The number of nitrogens with one attached hydrogen (secondary N) is 1. The van der Waals surface area contributed by atoms with Gasteiger partial charge in [-0.25, -0.2) is 0 Å². The number of rotatable bonds is 6. The molecule has 0 fully saturated rings. The van der Waals surface area contributed by atoms with Crippen molar-refractivity contribution in [1.82, 2.24) is 0 Å². The summed E-state index contributed by atoms with van der Waals surface area (Å²) in [5.41, 5.74) is 3.68. The number of carbonyl (C=O) groups is 2. The number of hydrogen-bond donors (Lipinski definition) is 1. The molecule has 0 saturated carbocycles. The van der Waals surface area contributed by atoms with Crippen molar-refractivity contribution in [2.24, 2.45) is 0 Å². The largest absolute Gasteiger partial charge is 0.466 e. The quantitative estimate of drug-likeness (QED) is 0.776. The highest BCUT2D eigenvalue weighted by Crippen LogP contribution is 2.27. The standard InChI is InChI=1S/C20H25NO3/c1-12(2)17-8-6-7-13(3)20(17)21-19(23)10-9-16-11-18(14(4)22)15(5)24-16/h6-8,11-12H,9-10H2,1-5H3,(H,21,23). The summed E-state index contributed by atoms with van der Waals surface area (Å²) in [6.07, 6.45) is 0.791. The molecule has 1 N–H and O–H groups in total. The number of Topliss-reactive ketones (excluding diaryl/α,β-unsaturated/α-hetero) is 1. The van der Waals surface area contributed by atoms with E-state index in [9.17, 15) is 9.59 Å². The molecule has 24 heavy (non-hydrogen) atoms. The lowest BCUT2D eigenvalue weighted by atomic mass is 9.98. The molecule has 1 amide bonds. The van der Waals surface area contributed by atoms with E-state index in [4.69, 9.17) is 4.42 Å². The third-order valence-corrected chi connectivity index (χ3v) is 4.14. The fourth-order valence-electron chi connectivity index (χ4n) is 2.80. The lowest BCUT2D eigenvalue weighted by molar-refractivity contribution is -0.116. The van der Waals surface area contributed by atoms with Gasteiger partial charge < -0.3 is 9.73 Å². The second kappa shape index (κ2) is 7.47. The maximum Gasteiger partial charge on any atom is 0.224 e. The molecular weight excluding hydrogens is 302 g/mol. The molecule has 4 heteroatoms. The van der Waals surface area contributed by atoms with Gasteiger partial charge >= 0.3 is 0 Å². The summed E-state index contributed by atoms with van der Waals surface area (Å²) < 4.78 is 5.56. The van der Waals surface area contributed by atoms with Crippen molar-refractivity contribution in [1.29, 1.82) is 0 Å². The van der Waals surface area contributed by atoms with Gasteiger partial charge in [-0.15, -0.1) is 0 Å². The Balaban J connectivity index is 2.04. The number of amides is 1. The lowest BCUT2D eigenvalue weighted by Gasteiger charge is -2.16. The predicted molar refractivity (Wildman–Crippen MR) is 95.7 cm³/mol. The average molecular weight is 327 g/mol. The van der Waals surface area contributed by atoms with Crippen molar-refractivity contribution in [3.05, 3.63) is 52.5 Å². The van der Waals surface area contributed by atoms with E-state index in [1.165, 1.54) is 6.92 Å². The zero-order chi connectivity index (χ0) is 17.9. The number of hydrogen-bond acceptors (Lipinski definition) is 3. The molecule has 0 radical (unpaired) electrons. The molecule has 2 aromatic rings. The number of aryl methyl sites for hydroxylation is 3. The summed E-state index contributed by atoms with van der Waals surface area (Å²) in [7, 11) is 0. The smallest absolute Gasteiger partial charge is 0.224 e. The molecule has 0 saturated heterocycles. The number of anilines is 1. The Morgan fingerprint density at radius 1 is 1.21 bits per heavy atom. The number of furan rings is 1. The van der Waals surface area contributed by atoms with Gasteiger partial charge in [-0.2, -0.15) is 0 Å². The second-order valence-corrected chi connectivity index (χ2v) is 6.48. The minimum Gasteiger partial charge on any atom is -0.466 e. The van der Waals surface area contributed by atoms with Crippen LogP contribution in [-0.2, 0) is 11.2 Å². The fourth-order valence-corrected chi connectivity index (χ4v) is 2.80. The maximum absolute atomic E-state index is 12.3. The van der Waals surface area contributed by atoms with Crippen molar-refractivity contribution in [3.63, 3.8) is 0 Å². The highest BCUT2D eigenvalue weighted by molar-refractivity contribution is 5.95. The van der Waals surface area contributed by atoms with Crippen LogP contribution in [0.25, 0.3) is 0 Å². The Kier molecular flexibility index (Phi) is 5.60. The maximum atomic E-state index is 12.3. The van der Waals surface area contributed by atoms with Crippen LogP contribution in [-0.4, -0.2) is 11.7 Å². The first kappa shape index (κ1) is 18.0. The highest BCUT2D eigenvalue weighted by atomic mass is 16.3. The van der Waals surface area contributed by atoms with E-state index in [0.717, 1.165) is 16.8 Å². The van der Waals surface area contributed by atoms with Crippen molar-refractivity contribution in [2.45, 2.75) is 53.4 Å². The highest BCUT2D eigenvalue weighted by Gasteiger charge is 2.14. The molecule has 0 spiro atoms. The van der Waals surface area contributed by atoms with Gasteiger partial charge in [0.05, 0.1) is 5.56 Å². The van der Waals surface area contributed by atoms with Crippen molar-refractivity contribution < 1.29 is 14.0 Å². The summed E-state index contributed by atoms with van der Waals surface area (Å²) in [6.45, 7) is 9.50. The molecule has 1 aromatic heterocycles. The monoisotopic (exact) mass is 327 g/mol. The van der Waals surface area contributed by atoms with E-state index < -0.39 is 0 Å². The van der Waals surface area contributed by atoms with Crippen LogP contribution in [0.3, 0.4) is 0 Å². The molecule has 2 rings (SSSR count). The summed E-state index contributed by atoms with van der Waals surface area (Å²) >= 11 is 0. The molecule has 0 atom stereocenters. The van der Waals surface area contributed by atoms with Crippen LogP contribution in [0.1, 0.15) is 66.1 Å². The first-order valence-electron chi connectivity index (χ1n) is 8.29. The molecule has 0 bridgehead atoms. The van der Waals surface area contributed by atoms with Gasteiger partial charge in [0, 0.05) is 18.5 Å². The summed E-state index contributed by atoms with van der Waals surface area (Å²) in [5.74, 6) is 1.55. The Bertz CT molecular complexity index is 756. The van der Waals surface area contributed by atoms with Crippen molar-refractivity contribution >= 4 is 17.4 Å². The van der Waals surface area contributed by atoms with Crippen LogP contribution in [0.15, 0.2) is 28.7 Å². The Labute approximate surface area is 143 Å². The van der Waals surface area contributed by atoms with Gasteiger partial charge in [0.2, 0.25) is 5.91 Å². The van der Waals surface area contributed by atoms with Crippen LogP contribution in [0.5, 0.6) is 0 Å². The number of carbonyl (C=O) groups excluding carboxylic acids is 2. The zero-order valence-electron chi connectivity index (χ0n) is 15.0. The molecular formula is C20H25NO3. The van der Waals surface area contributed by atoms with E-state index in [2.05, 4.69) is 19.2 Å². The van der Waals surface area contributed by atoms with E-state index in [1.807, 2.05) is 25.1 Å². The summed E-state index contributed by atoms with van der Waals surface area (Å²) in [4.78, 5) is 23.8. The van der Waals surface area contributed by atoms with Gasteiger partial charge in [-0.1, -0.05) is 32.0 Å². The first-order valence-corrected chi connectivity index (χ1v) is 8.29. The molecule has 0 aliphatic rings. The molecule has 1 heterocycles. The fraction of sp³-hybridized carbons (Fsp3) is 0.400. The molecule has 0 aliphatic carbocycles. The average Bonchev–Trinajstić information content (AvgIpc) is 2.88. The first-order chi connectivity index (χ1) is 11.3. The van der Waals surface area contributed by atoms with E-state index >= 15 is 0 Å². The van der Waals surface area contributed by atoms with Crippen molar-refractivity contribution in [2.75, 3.05) is 5.32 Å². The molecule has 1 aromatic carbocycles. The molecule has 0 aliphatic heterocycles.